The fraction of sp³-hybridized carbons (Fsp3) is 0.550. The summed E-state index contributed by atoms with van der Waals surface area (Å²) in [6.07, 6.45) is 2.49. The van der Waals surface area contributed by atoms with E-state index >= 15 is 0 Å². The van der Waals surface area contributed by atoms with Gasteiger partial charge in [0, 0.05) is 49.2 Å². The van der Waals surface area contributed by atoms with E-state index in [9.17, 15) is 4.79 Å². The third-order valence-electron chi connectivity index (χ3n) is 5.80. The van der Waals surface area contributed by atoms with E-state index in [1.54, 1.807) is 4.90 Å². The number of aryl methyl sites for hydroxylation is 1. The number of piperidine rings is 1. The molecule has 0 spiro atoms. The van der Waals surface area contributed by atoms with Gasteiger partial charge < -0.3 is 19.7 Å². The van der Waals surface area contributed by atoms with E-state index in [0.717, 1.165) is 34.4 Å². The highest BCUT2D eigenvalue weighted by Crippen LogP contribution is 2.18. The summed E-state index contributed by atoms with van der Waals surface area (Å²) in [7, 11) is 8.52. The van der Waals surface area contributed by atoms with Crippen LogP contribution >= 0.6 is 0 Å². The smallest absolute Gasteiger partial charge is 0.198 e. The van der Waals surface area contributed by atoms with Crippen LogP contribution in [-0.4, -0.2) is 52.3 Å². The molecule has 1 aromatic heterocycles. The van der Waals surface area contributed by atoms with Crippen molar-refractivity contribution in [2.75, 3.05) is 46.2 Å². The molecule has 2 heterocycles. The van der Waals surface area contributed by atoms with Gasteiger partial charge in [0.25, 0.3) is 0 Å². The van der Waals surface area contributed by atoms with Crippen LogP contribution in [0.5, 0.6) is 0 Å². The number of H-pyrrole nitrogens is 1. The zero-order valence-corrected chi connectivity index (χ0v) is 16.2. The van der Waals surface area contributed by atoms with Crippen molar-refractivity contribution in [3.8, 4) is 0 Å². The molecule has 3 N–H and O–H groups in total. The fourth-order valence-electron chi connectivity index (χ4n) is 3.96. The molecule has 5 heteroatoms. The van der Waals surface area contributed by atoms with Gasteiger partial charge in [0.1, 0.15) is 6.54 Å². The topological polar surface area (TPSA) is 45.0 Å². The van der Waals surface area contributed by atoms with Gasteiger partial charge in [0.15, 0.2) is 5.43 Å². The zero-order chi connectivity index (χ0) is 18.1. The number of anilines is 1. The Morgan fingerprint density at radius 1 is 1.28 bits per heavy atom. The molecular weight excluding hydrogens is 312 g/mol. The number of rotatable bonds is 4. The molecule has 1 atom stereocenters. The maximum Gasteiger partial charge on any atom is 0.198 e. The number of aromatic nitrogens is 1. The lowest BCUT2D eigenvalue weighted by atomic mass is 10.0. The quantitative estimate of drug-likeness (QED) is 0.706. The van der Waals surface area contributed by atoms with Crippen molar-refractivity contribution in [2.24, 2.45) is 0 Å². The SMILES string of the molecule is Cc1[nH]c2ccc(N(C)C)cc2c(=O)c1C[NH+](C)C1CC[NH+](C)CC1. The number of benzene rings is 1. The van der Waals surface area contributed by atoms with Gasteiger partial charge >= 0.3 is 0 Å². The Balaban J connectivity index is 1.91. The molecule has 1 saturated heterocycles. The minimum atomic E-state index is 0.188. The van der Waals surface area contributed by atoms with Crippen LogP contribution in [0.4, 0.5) is 5.69 Å². The molecule has 2 aromatic rings. The van der Waals surface area contributed by atoms with Crippen molar-refractivity contribution in [1.82, 2.24) is 4.98 Å². The van der Waals surface area contributed by atoms with E-state index in [4.69, 9.17) is 0 Å². The molecule has 0 bridgehead atoms. The number of pyridine rings is 1. The van der Waals surface area contributed by atoms with E-state index < -0.39 is 0 Å². The number of quaternary nitrogens is 2. The lowest BCUT2D eigenvalue weighted by Gasteiger charge is -2.30. The largest absolute Gasteiger partial charge is 0.378 e. The Hall–Kier alpha value is -1.85. The number of hydrogen-bond acceptors (Lipinski definition) is 2. The summed E-state index contributed by atoms with van der Waals surface area (Å²) in [5.41, 5.74) is 4.12. The number of likely N-dealkylation sites (tertiary alicyclic amines) is 1. The first kappa shape index (κ1) is 18.0. The third-order valence-corrected chi connectivity index (χ3v) is 5.80. The average Bonchev–Trinajstić information content (AvgIpc) is 2.58. The molecule has 0 amide bonds. The van der Waals surface area contributed by atoms with Crippen LogP contribution in [0.15, 0.2) is 23.0 Å². The summed E-state index contributed by atoms with van der Waals surface area (Å²) >= 11 is 0. The van der Waals surface area contributed by atoms with E-state index in [1.807, 2.05) is 38.1 Å². The second kappa shape index (κ2) is 7.18. The Morgan fingerprint density at radius 3 is 2.60 bits per heavy atom. The zero-order valence-electron chi connectivity index (χ0n) is 16.2. The van der Waals surface area contributed by atoms with Gasteiger partial charge in [-0.2, -0.15) is 0 Å². The molecule has 1 unspecified atom stereocenters. The summed E-state index contributed by atoms with van der Waals surface area (Å²) in [6, 6.07) is 6.73. The Labute approximate surface area is 150 Å². The first-order chi connectivity index (χ1) is 11.9. The molecule has 5 nitrogen and oxygen atoms in total. The number of nitrogens with one attached hydrogen (secondary N) is 3. The summed E-state index contributed by atoms with van der Waals surface area (Å²) < 4.78 is 0. The number of fused-ring (bicyclic) bond motifs is 1. The van der Waals surface area contributed by atoms with Crippen LogP contribution in [0.3, 0.4) is 0 Å². The molecular formula is C20H32N4O+2. The normalized spacial score (nSPS) is 22.1. The van der Waals surface area contributed by atoms with Gasteiger partial charge in [-0.1, -0.05) is 0 Å². The Bertz CT molecular complexity index is 803. The standard InChI is InChI=1S/C20H30N4O/c1-14-18(13-24(5)15-8-10-23(4)11-9-15)20(25)17-12-16(22(2)3)6-7-19(17)21-14/h6-7,12,15H,8-11,13H2,1-5H3,(H,21,25)/p+2. The molecule has 0 radical (unpaired) electrons. The van der Waals surface area contributed by atoms with E-state index in [-0.39, 0.29) is 5.43 Å². The molecule has 1 fully saturated rings. The second-order valence-corrected chi connectivity index (χ2v) is 7.94. The predicted molar refractivity (Wildman–Crippen MR) is 104 cm³/mol. The number of aromatic amines is 1. The van der Waals surface area contributed by atoms with E-state index in [0.29, 0.717) is 6.04 Å². The van der Waals surface area contributed by atoms with Gasteiger partial charge in [-0.3, -0.25) is 4.79 Å². The summed E-state index contributed by atoms with van der Waals surface area (Å²) in [6.45, 7) is 5.30. The van der Waals surface area contributed by atoms with Crippen LogP contribution < -0.4 is 20.1 Å². The van der Waals surface area contributed by atoms with Gasteiger partial charge in [0.05, 0.1) is 38.8 Å². The molecule has 1 aromatic carbocycles. The summed E-state index contributed by atoms with van der Waals surface area (Å²) in [5, 5.41) is 0.799. The van der Waals surface area contributed by atoms with Crippen molar-refractivity contribution in [2.45, 2.75) is 32.4 Å². The molecule has 136 valence electrons. The molecule has 1 aliphatic rings. The van der Waals surface area contributed by atoms with Crippen LogP contribution in [0, 0.1) is 6.92 Å². The highest BCUT2D eigenvalue weighted by atomic mass is 16.1. The lowest BCUT2D eigenvalue weighted by Crippen LogP contribution is -3.17. The van der Waals surface area contributed by atoms with Crippen molar-refractivity contribution >= 4 is 16.6 Å². The van der Waals surface area contributed by atoms with Crippen LogP contribution in [0.2, 0.25) is 0 Å². The predicted octanol–water partition coefficient (Wildman–Crippen LogP) is -0.406. The summed E-state index contributed by atoms with van der Waals surface area (Å²) in [4.78, 5) is 21.7. The van der Waals surface area contributed by atoms with E-state index in [1.165, 1.54) is 30.8 Å². The van der Waals surface area contributed by atoms with Crippen molar-refractivity contribution in [3.05, 3.63) is 39.7 Å². The minimum Gasteiger partial charge on any atom is -0.378 e. The van der Waals surface area contributed by atoms with Gasteiger partial charge in [0.2, 0.25) is 0 Å². The molecule has 0 aliphatic carbocycles. The highest BCUT2D eigenvalue weighted by Gasteiger charge is 2.27. The average molecular weight is 345 g/mol. The number of hydrogen-bond donors (Lipinski definition) is 3. The monoisotopic (exact) mass is 344 g/mol. The highest BCUT2D eigenvalue weighted by molar-refractivity contribution is 5.83. The third kappa shape index (κ3) is 3.72. The lowest BCUT2D eigenvalue weighted by molar-refractivity contribution is -0.948. The fourth-order valence-corrected chi connectivity index (χ4v) is 3.96. The molecule has 25 heavy (non-hydrogen) atoms. The van der Waals surface area contributed by atoms with Gasteiger partial charge in [-0.05, 0) is 25.1 Å². The maximum absolute atomic E-state index is 13.1. The van der Waals surface area contributed by atoms with Crippen LogP contribution in [0.25, 0.3) is 10.9 Å². The first-order valence-electron chi connectivity index (χ1n) is 9.33. The first-order valence-corrected chi connectivity index (χ1v) is 9.33. The minimum absolute atomic E-state index is 0.188. The van der Waals surface area contributed by atoms with Crippen molar-refractivity contribution < 1.29 is 9.80 Å². The second-order valence-electron chi connectivity index (χ2n) is 7.94. The van der Waals surface area contributed by atoms with Crippen molar-refractivity contribution in [1.29, 1.82) is 0 Å². The van der Waals surface area contributed by atoms with Gasteiger partial charge in [-0.25, -0.2) is 0 Å². The van der Waals surface area contributed by atoms with Crippen molar-refractivity contribution in [3.63, 3.8) is 0 Å². The van der Waals surface area contributed by atoms with Gasteiger partial charge in [-0.15, -0.1) is 0 Å². The Morgan fingerprint density at radius 2 is 1.96 bits per heavy atom. The number of nitrogens with zero attached hydrogens (tertiary/aromatic N) is 1. The molecule has 0 saturated carbocycles. The maximum atomic E-state index is 13.1. The van der Waals surface area contributed by atoms with Crippen LogP contribution in [0.1, 0.15) is 24.1 Å². The summed E-state index contributed by atoms with van der Waals surface area (Å²) in [5.74, 6) is 0. The Kier molecular flexibility index (Phi) is 5.16. The molecule has 3 rings (SSSR count). The molecule has 1 aliphatic heterocycles. The van der Waals surface area contributed by atoms with E-state index in [2.05, 4.69) is 25.1 Å². The van der Waals surface area contributed by atoms with Crippen LogP contribution in [-0.2, 0) is 6.54 Å².